The Labute approximate surface area is 108 Å². The molecule has 0 aliphatic heterocycles. The molecule has 0 aliphatic carbocycles. The first-order chi connectivity index (χ1) is 7.70. The first kappa shape index (κ1) is 13.6. The van der Waals surface area contributed by atoms with E-state index in [0.717, 1.165) is 34.9 Å². The lowest BCUT2D eigenvalue weighted by Gasteiger charge is -2.16. The van der Waals surface area contributed by atoms with Crippen LogP contribution in [0, 0.1) is 0 Å². The minimum Gasteiger partial charge on any atom is -0.0888 e. The summed E-state index contributed by atoms with van der Waals surface area (Å²) in [7, 11) is 0. The molecule has 0 nitrogen and oxygen atoms in total. The van der Waals surface area contributed by atoms with Crippen LogP contribution in [-0.4, -0.2) is 0 Å². The van der Waals surface area contributed by atoms with E-state index in [9.17, 15) is 0 Å². The van der Waals surface area contributed by atoms with Gasteiger partial charge in [-0.15, -0.1) is 0 Å². The van der Waals surface area contributed by atoms with Crippen LogP contribution in [0.4, 0.5) is 0 Å². The summed E-state index contributed by atoms with van der Waals surface area (Å²) in [4.78, 5) is 0. The zero-order chi connectivity index (χ0) is 12.0. The molecule has 1 rings (SSSR count). The van der Waals surface area contributed by atoms with Crippen LogP contribution in [0.3, 0.4) is 0 Å². The average Bonchev–Trinajstić information content (AvgIpc) is 2.26. The Kier molecular flexibility index (Phi) is 5.94. The zero-order valence-electron chi connectivity index (χ0n) is 9.84. The lowest BCUT2D eigenvalue weighted by molar-refractivity contribution is 0.674. The van der Waals surface area contributed by atoms with Gasteiger partial charge in [0.25, 0.3) is 0 Å². The third-order valence-electron chi connectivity index (χ3n) is 2.72. The van der Waals surface area contributed by atoms with E-state index in [4.69, 9.17) is 23.2 Å². The lowest BCUT2D eigenvalue weighted by atomic mass is 9.93. The second kappa shape index (κ2) is 6.98. The molecule has 0 fully saturated rings. The van der Waals surface area contributed by atoms with E-state index >= 15 is 0 Å². The van der Waals surface area contributed by atoms with Gasteiger partial charge in [0.05, 0.1) is 0 Å². The van der Waals surface area contributed by atoms with Gasteiger partial charge < -0.3 is 0 Å². The second-order valence-electron chi connectivity index (χ2n) is 3.86. The molecule has 0 amide bonds. The van der Waals surface area contributed by atoms with Crippen molar-refractivity contribution in [2.75, 3.05) is 0 Å². The molecule has 0 spiro atoms. The largest absolute Gasteiger partial charge is 0.0888 e. The van der Waals surface area contributed by atoms with Crippen LogP contribution in [-0.2, 0) is 0 Å². The summed E-state index contributed by atoms with van der Waals surface area (Å²) in [6.45, 7) is 4.31. The van der Waals surface area contributed by atoms with E-state index in [1.165, 1.54) is 0 Å². The topological polar surface area (TPSA) is 0 Å². The van der Waals surface area contributed by atoms with Crippen molar-refractivity contribution in [1.29, 1.82) is 0 Å². The SMILES string of the molecule is CC/C=C\CC(CC)c1c(Cl)cccc1Cl. The number of allylic oxidation sites excluding steroid dienone is 2. The molecule has 1 unspecified atom stereocenters. The summed E-state index contributed by atoms with van der Waals surface area (Å²) in [6.07, 6.45) is 7.54. The molecule has 1 aromatic rings. The Morgan fingerprint density at radius 2 is 1.75 bits per heavy atom. The van der Waals surface area contributed by atoms with Crippen molar-refractivity contribution >= 4 is 23.2 Å². The Morgan fingerprint density at radius 1 is 1.12 bits per heavy atom. The minimum atomic E-state index is 0.420. The van der Waals surface area contributed by atoms with Crippen molar-refractivity contribution in [3.8, 4) is 0 Å². The Balaban J connectivity index is 2.90. The molecule has 0 radical (unpaired) electrons. The molecular weight excluding hydrogens is 239 g/mol. The summed E-state index contributed by atoms with van der Waals surface area (Å²) >= 11 is 12.4. The first-order valence-corrected chi connectivity index (χ1v) is 6.55. The average molecular weight is 257 g/mol. The normalized spacial score (nSPS) is 13.2. The molecule has 2 heteroatoms. The van der Waals surface area contributed by atoms with Crippen LogP contribution < -0.4 is 0 Å². The van der Waals surface area contributed by atoms with Crippen molar-refractivity contribution < 1.29 is 0 Å². The highest BCUT2D eigenvalue weighted by Gasteiger charge is 2.14. The Morgan fingerprint density at radius 3 is 2.25 bits per heavy atom. The Hall–Kier alpha value is -0.460. The molecule has 88 valence electrons. The van der Waals surface area contributed by atoms with Gasteiger partial charge in [-0.1, -0.05) is 55.3 Å². The molecule has 0 bridgehead atoms. The van der Waals surface area contributed by atoms with E-state index in [2.05, 4.69) is 26.0 Å². The number of halogens is 2. The van der Waals surface area contributed by atoms with E-state index < -0.39 is 0 Å². The number of benzene rings is 1. The molecule has 1 atom stereocenters. The Bertz CT molecular complexity index is 336. The smallest absolute Gasteiger partial charge is 0.0455 e. The monoisotopic (exact) mass is 256 g/mol. The van der Waals surface area contributed by atoms with Gasteiger partial charge in [-0.3, -0.25) is 0 Å². The van der Waals surface area contributed by atoms with Crippen molar-refractivity contribution in [2.24, 2.45) is 0 Å². The maximum Gasteiger partial charge on any atom is 0.0455 e. The van der Waals surface area contributed by atoms with Crippen LogP contribution in [0.25, 0.3) is 0 Å². The lowest BCUT2D eigenvalue weighted by Crippen LogP contribution is -1.98. The third kappa shape index (κ3) is 3.54. The van der Waals surface area contributed by atoms with Gasteiger partial charge in [-0.25, -0.2) is 0 Å². The van der Waals surface area contributed by atoms with E-state index in [-0.39, 0.29) is 0 Å². The number of hydrogen-bond donors (Lipinski definition) is 0. The van der Waals surface area contributed by atoms with Crippen molar-refractivity contribution in [3.05, 3.63) is 46.0 Å². The molecule has 1 aromatic carbocycles. The minimum absolute atomic E-state index is 0.420. The summed E-state index contributed by atoms with van der Waals surface area (Å²) in [5, 5.41) is 1.56. The number of hydrogen-bond acceptors (Lipinski definition) is 0. The van der Waals surface area contributed by atoms with E-state index in [0.29, 0.717) is 5.92 Å². The fraction of sp³-hybridized carbons (Fsp3) is 0.429. The van der Waals surface area contributed by atoms with Crippen molar-refractivity contribution in [3.63, 3.8) is 0 Å². The van der Waals surface area contributed by atoms with Gasteiger partial charge in [0.15, 0.2) is 0 Å². The maximum absolute atomic E-state index is 6.21. The zero-order valence-corrected chi connectivity index (χ0v) is 11.4. The fourth-order valence-electron chi connectivity index (χ4n) is 1.82. The summed E-state index contributed by atoms with van der Waals surface area (Å²) in [5.41, 5.74) is 1.09. The first-order valence-electron chi connectivity index (χ1n) is 5.79. The fourth-order valence-corrected chi connectivity index (χ4v) is 2.52. The van der Waals surface area contributed by atoms with Gasteiger partial charge in [-0.2, -0.15) is 0 Å². The standard InChI is InChI=1S/C14H18Cl2/c1-3-5-6-8-11(4-2)14-12(15)9-7-10-13(14)16/h5-7,9-11H,3-4,8H2,1-2H3/b6-5-. The van der Waals surface area contributed by atoms with Gasteiger partial charge in [0.1, 0.15) is 0 Å². The van der Waals surface area contributed by atoms with Crippen molar-refractivity contribution in [2.45, 2.75) is 39.0 Å². The molecule has 0 saturated heterocycles. The van der Waals surface area contributed by atoms with Gasteiger partial charge in [-0.05, 0) is 42.9 Å². The molecule has 0 aromatic heterocycles. The van der Waals surface area contributed by atoms with Gasteiger partial charge >= 0.3 is 0 Å². The predicted octanol–water partition coefficient (Wildman–Crippen LogP) is 5.84. The van der Waals surface area contributed by atoms with Crippen LogP contribution >= 0.6 is 23.2 Å². The molecule has 0 saturated carbocycles. The molecule has 0 aliphatic rings. The molecule has 0 N–H and O–H groups in total. The van der Waals surface area contributed by atoms with E-state index in [1.807, 2.05) is 18.2 Å². The van der Waals surface area contributed by atoms with Crippen LogP contribution in [0.5, 0.6) is 0 Å². The second-order valence-corrected chi connectivity index (χ2v) is 4.67. The third-order valence-corrected chi connectivity index (χ3v) is 3.38. The summed E-state index contributed by atoms with van der Waals surface area (Å²) < 4.78 is 0. The highest BCUT2D eigenvalue weighted by Crippen LogP contribution is 2.35. The number of rotatable bonds is 5. The van der Waals surface area contributed by atoms with Crippen molar-refractivity contribution in [1.82, 2.24) is 0 Å². The van der Waals surface area contributed by atoms with Gasteiger partial charge in [0.2, 0.25) is 0 Å². The molecule has 16 heavy (non-hydrogen) atoms. The van der Waals surface area contributed by atoms with Crippen LogP contribution in [0.15, 0.2) is 30.4 Å². The molecule has 0 heterocycles. The summed E-state index contributed by atoms with van der Waals surface area (Å²) in [5.74, 6) is 0.420. The van der Waals surface area contributed by atoms with Gasteiger partial charge in [0, 0.05) is 10.0 Å². The van der Waals surface area contributed by atoms with E-state index in [1.54, 1.807) is 0 Å². The highest BCUT2D eigenvalue weighted by molar-refractivity contribution is 6.36. The maximum atomic E-state index is 6.21. The predicted molar refractivity (Wildman–Crippen MR) is 73.5 cm³/mol. The molecular formula is C14H18Cl2. The van der Waals surface area contributed by atoms with Crippen LogP contribution in [0.2, 0.25) is 10.0 Å². The van der Waals surface area contributed by atoms with Crippen LogP contribution in [0.1, 0.15) is 44.6 Å². The highest BCUT2D eigenvalue weighted by atomic mass is 35.5. The summed E-state index contributed by atoms with van der Waals surface area (Å²) in [6, 6.07) is 5.71. The quantitative estimate of drug-likeness (QED) is 0.581.